The van der Waals surface area contributed by atoms with Crippen molar-refractivity contribution in [2.45, 2.75) is 25.0 Å². The van der Waals surface area contributed by atoms with Crippen molar-refractivity contribution in [2.75, 3.05) is 13.2 Å². The molecule has 1 aromatic rings. The van der Waals surface area contributed by atoms with Crippen molar-refractivity contribution in [3.8, 4) is 0 Å². The molecule has 1 aliphatic heterocycles. The second-order valence-electron chi connectivity index (χ2n) is 4.63. The predicted octanol–water partition coefficient (Wildman–Crippen LogP) is 0.889. The Morgan fingerprint density at radius 3 is 2.72 bits per heavy atom. The van der Waals surface area contributed by atoms with Crippen LogP contribution in [0.5, 0.6) is 0 Å². The van der Waals surface area contributed by atoms with Gasteiger partial charge in [0.05, 0.1) is 6.61 Å². The van der Waals surface area contributed by atoms with Gasteiger partial charge in [-0.25, -0.2) is 4.79 Å². The minimum atomic E-state index is -1.00. The van der Waals surface area contributed by atoms with Crippen molar-refractivity contribution in [1.29, 1.82) is 0 Å². The van der Waals surface area contributed by atoms with Gasteiger partial charge in [-0.05, 0) is 12.0 Å². The summed E-state index contributed by atoms with van der Waals surface area (Å²) in [6.07, 6.45) is -0.339. The molecule has 1 fully saturated rings. The molecule has 1 aliphatic rings. The molecule has 0 aliphatic carbocycles. The molecule has 0 radical (unpaired) electrons. The van der Waals surface area contributed by atoms with Crippen LogP contribution in [0, 0.1) is 0 Å². The minimum Gasteiger partial charge on any atom is -0.465 e. The van der Waals surface area contributed by atoms with Crippen LogP contribution in [0.4, 0.5) is 4.79 Å². The number of rotatable bonds is 4. The summed E-state index contributed by atoms with van der Waals surface area (Å²) in [6.45, 7) is 1.45. The highest BCUT2D eigenvalue weighted by molar-refractivity contribution is 5.64. The highest BCUT2D eigenvalue weighted by Gasteiger charge is 2.32. The van der Waals surface area contributed by atoms with E-state index in [9.17, 15) is 9.90 Å². The first-order chi connectivity index (χ1) is 8.69. The van der Waals surface area contributed by atoms with Crippen molar-refractivity contribution in [3.05, 3.63) is 35.9 Å². The van der Waals surface area contributed by atoms with Gasteiger partial charge in [-0.2, -0.15) is 0 Å². The van der Waals surface area contributed by atoms with E-state index in [1.807, 2.05) is 30.3 Å². The molecule has 3 N–H and O–H groups in total. The highest BCUT2D eigenvalue weighted by atomic mass is 16.4. The molecule has 0 saturated carbocycles. The fraction of sp³-hybridized carbons (Fsp3) is 0.462. The SMILES string of the molecule is O=C(O)N[C@H]1C[C@@H](CO)N(Cc2ccccc2)C1. The molecule has 2 atom stereocenters. The maximum absolute atomic E-state index is 10.6. The van der Waals surface area contributed by atoms with E-state index in [2.05, 4.69) is 10.2 Å². The third-order valence-corrected chi connectivity index (χ3v) is 3.29. The van der Waals surface area contributed by atoms with Gasteiger partial charge >= 0.3 is 6.09 Å². The Morgan fingerprint density at radius 2 is 2.11 bits per heavy atom. The summed E-state index contributed by atoms with van der Waals surface area (Å²) in [7, 11) is 0. The first-order valence-corrected chi connectivity index (χ1v) is 6.07. The summed E-state index contributed by atoms with van der Waals surface area (Å²) >= 11 is 0. The Morgan fingerprint density at radius 1 is 1.39 bits per heavy atom. The summed E-state index contributed by atoms with van der Waals surface area (Å²) in [5.41, 5.74) is 1.17. The zero-order valence-corrected chi connectivity index (χ0v) is 10.1. The van der Waals surface area contributed by atoms with Crippen LogP contribution in [0.1, 0.15) is 12.0 Å². The fourth-order valence-electron chi connectivity index (χ4n) is 2.46. The number of nitrogens with one attached hydrogen (secondary N) is 1. The molecule has 5 heteroatoms. The van der Waals surface area contributed by atoms with Crippen molar-refractivity contribution in [3.63, 3.8) is 0 Å². The molecule has 2 rings (SSSR count). The predicted molar refractivity (Wildman–Crippen MR) is 67.3 cm³/mol. The lowest BCUT2D eigenvalue weighted by molar-refractivity contribution is 0.153. The lowest BCUT2D eigenvalue weighted by Gasteiger charge is -2.22. The van der Waals surface area contributed by atoms with E-state index >= 15 is 0 Å². The van der Waals surface area contributed by atoms with Gasteiger partial charge in [0, 0.05) is 25.2 Å². The van der Waals surface area contributed by atoms with Crippen LogP contribution < -0.4 is 5.32 Å². The van der Waals surface area contributed by atoms with Crippen LogP contribution in [-0.4, -0.2) is 46.4 Å². The fourth-order valence-corrected chi connectivity index (χ4v) is 2.46. The normalized spacial score (nSPS) is 24.1. The molecule has 1 aromatic carbocycles. The van der Waals surface area contributed by atoms with Crippen LogP contribution in [-0.2, 0) is 6.54 Å². The Hall–Kier alpha value is -1.59. The van der Waals surface area contributed by atoms with Crippen molar-refractivity contribution in [2.24, 2.45) is 0 Å². The number of aliphatic hydroxyl groups excluding tert-OH is 1. The quantitative estimate of drug-likeness (QED) is 0.742. The lowest BCUT2D eigenvalue weighted by Crippen LogP contribution is -2.36. The number of benzene rings is 1. The molecular weight excluding hydrogens is 232 g/mol. The largest absolute Gasteiger partial charge is 0.465 e. The topological polar surface area (TPSA) is 72.8 Å². The summed E-state index contributed by atoms with van der Waals surface area (Å²) in [5, 5.41) is 20.6. The average molecular weight is 250 g/mol. The van der Waals surface area contributed by atoms with Crippen molar-refractivity contribution >= 4 is 6.09 Å². The maximum Gasteiger partial charge on any atom is 0.404 e. The Bertz CT molecular complexity index is 396. The molecule has 1 amide bonds. The number of carbonyl (C=O) groups is 1. The Kier molecular flexibility index (Phi) is 4.17. The molecule has 0 aromatic heterocycles. The number of aliphatic hydroxyl groups is 1. The molecule has 0 bridgehead atoms. The van der Waals surface area contributed by atoms with Crippen LogP contribution in [0.15, 0.2) is 30.3 Å². The van der Waals surface area contributed by atoms with E-state index in [1.54, 1.807) is 0 Å². The Labute approximate surface area is 106 Å². The van der Waals surface area contributed by atoms with E-state index in [4.69, 9.17) is 5.11 Å². The summed E-state index contributed by atoms with van der Waals surface area (Å²) in [6, 6.07) is 9.92. The van der Waals surface area contributed by atoms with Gasteiger partial charge < -0.3 is 15.5 Å². The van der Waals surface area contributed by atoms with E-state index in [-0.39, 0.29) is 18.7 Å². The minimum absolute atomic E-state index is 0.0297. The van der Waals surface area contributed by atoms with E-state index in [0.717, 1.165) is 6.54 Å². The monoisotopic (exact) mass is 250 g/mol. The zero-order valence-electron chi connectivity index (χ0n) is 10.1. The number of hydrogen-bond acceptors (Lipinski definition) is 3. The van der Waals surface area contributed by atoms with Crippen molar-refractivity contribution < 1.29 is 15.0 Å². The molecule has 0 spiro atoms. The van der Waals surface area contributed by atoms with Gasteiger partial charge in [-0.1, -0.05) is 30.3 Å². The van der Waals surface area contributed by atoms with Crippen LogP contribution in [0.25, 0.3) is 0 Å². The van der Waals surface area contributed by atoms with E-state index in [1.165, 1.54) is 5.56 Å². The molecule has 1 saturated heterocycles. The van der Waals surface area contributed by atoms with Gasteiger partial charge in [-0.15, -0.1) is 0 Å². The first-order valence-electron chi connectivity index (χ1n) is 6.07. The standard InChI is InChI=1S/C13H18N2O3/c16-9-12-6-11(14-13(17)18)8-15(12)7-10-4-2-1-3-5-10/h1-5,11-12,14,16H,6-9H2,(H,17,18)/t11-,12-/m0/s1. The molecule has 98 valence electrons. The van der Waals surface area contributed by atoms with Gasteiger partial charge in [0.1, 0.15) is 0 Å². The van der Waals surface area contributed by atoms with E-state index in [0.29, 0.717) is 13.0 Å². The number of likely N-dealkylation sites (tertiary alicyclic amines) is 1. The number of carboxylic acid groups (broad SMARTS) is 1. The smallest absolute Gasteiger partial charge is 0.404 e. The zero-order chi connectivity index (χ0) is 13.0. The molecule has 1 heterocycles. The number of hydrogen-bond donors (Lipinski definition) is 3. The maximum atomic E-state index is 10.6. The first kappa shape index (κ1) is 12.9. The summed E-state index contributed by atoms with van der Waals surface area (Å²) < 4.78 is 0. The van der Waals surface area contributed by atoms with Gasteiger partial charge in [0.15, 0.2) is 0 Å². The summed E-state index contributed by atoms with van der Waals surface area (Å²) in [4.78, 5) is 12.7. The highest BCUT2D eigenvalue weighted by Crippen LogP contribution is 2.20. The van der Waals surface area contributed by atoms with Gasteiger partial charge in [0.25, 0.3) is 0 Å². The third-order valence-electron chi connectivity index (χ3n) is 3.29. The second-order valence-corrected chi connectivity index (χ2v) is 4.63. The van der Waals surface area contributed by atoms with Gasteiger partial charge in [0.2, 0.25) is 0 Å². The van der Waals surface area contributed by atoms with Crippen molar-refractivity contribution in [1.82, 2.24) is 10.2 Å². The molecular formula is C13H18N2O3. The Balaban J connectivity index is 1.97. The van der Waals surface area contributed by atoms with Crippen LogP contribution in [0.3, 0.4) is 0 Å². The lowest BCUT2D eigenvalue weighted by atomic mass is 10.1. The van der Waals surface area contributed by atoms with Crippen LogP contribution in [0.2, 0.25) is 0 Å². The number of nitrogens with zero attached hydrogens (tertiary/aromatic N) is 1. The van der Waals surface area contributed by atoms with Crippen LogP contribution >= 0.6 is 0 Å². The van der Waals surface area contributed by atoms with Gasteiger partial charge in [-0.3, -0.25) is 4.90 Å². The third kappa shape index (κ3) is 3.21. The molecule has 5 nitrogen and oxygen atoms in total. The second kappa shape index (κ2) is 5.84. The molecule has 0 unspecified atom stereocenters. The number of amides is 1. The average Bonchev–Trinajstić information content (AvgIpc) is 2.71. The molecule has 18 heavy (non-hydrogen) atoms. The van der Waals surface area contributed by atoms with E-state index < -0.39 is 6.09 Å². The summed E-state index contributed by atoms with van der Waals surface area (Å²) in [5.74, 6) is 0.